The van der Waals surface area contributed by atoms with Gasteiger partial charge in [-0.05, 0) is 23.3 Å². The first kappa shape index (κ1) is 17.8. The Bertz CT molecular complexity index is 796. The highest BCUT2D eigenvalue weighted by Crippen LogP contribution is 2.14. The molecule has 4 heteroatoms. The van der Waals surface area contributed by atoms with Crippen LogP contribution in [0.3, 0.4) is 0 Å². The second-order valence-corrected chi connectivity index (χ2v) is 6.14. The Morgan fingerprint density at radius 3 is 1.81 bits per heavy atom. The van der Waals surface area contributed by atoms with Crippen LogP contribution in [0.5, 0.6) is 0 Å². The van der Waals surface area contributed by atoms with Crippen LogP contribution < -0.4 is 5.32 Å². The molecule has 3 aromatic rings. The largest absolute Gasteiger partial charge is 0.322 e. The number of para-hydroxylation sites is 1. The van der Waals surface area contributed by atoms with E-state index in [4.69, 9.17) is 0 Å². The van der Waals surface area contributed by atoms with Crippen molar-refractivity contribution in [2.75, 3.05) is 11.9 Å². The third-order valence-electron chi connectivity index (χ3n) is 4.01. The Labute approximate surface area is 153 Å². The molecule has 0 atom stereocenters. The Balaban J connectivity index is 1.70. The van der Waals surface area contributed by atoms with Crippen LogP contribution >= 0.6 is 0 Å². The van der Waals surface area contributed by atoms with Crippen molar-refractivity contribution < 1.29 is 9.18 Å². The Morgan fingerprint density at radius 2 is 1.27 bits per heavy atom. The fraction of sp³-hybridized carbons (Fsp3) is 0.136. The number of amides is 1. The summed E-state index contributed by atoms with van der Waals surface area (Å²) in [7, 11) is 0. The van der Waals surface area contributed by atoms with E-state index in [-0.39, 0.29) is 18.1 Å². The van der Waals surface area contributed by atoms with Gasteiger partial charge in [0, 0.05) is 13.1 Å². The molecule has 0 aliphatic carbocycles. The standard InChI is InChI=1S/C22H21FN2O/c23-20-13-7-8-14-21(20)24-22(26)17-25(15-18-9-3-1-4-10-18)16-19-11-5-2-6-12-19/h1-14H,15-17H2,(H,24,26). The van der Waals surface area contributed by atoms with Gasteiger partial charge in [0.1, 0.15) is 5.82 Å². The van der Waals surface area contributed by atoms with Crippen molar-refractivity contribution in [3.63, 3.8) is 0 Å². The van der Waals surface area contributed by atoms with Gasteiger partial charge in [-0.3, -0.25) is 9.69 Å². The Kier molecular flexibility index (Phi) is 6.12. The summed E-state index contributed by atoms with van der Waals surface area (Å²) in [6.07, 6.45) is 0. The molecule has 0 saturated heterocycles. The lowest BCUT2D eigenvalue weighted by Crippen LogP contribution is -2.32. The van der Waals surface area contributed by atoms with Crippen LogP contribution in [0.4, 0.5) is 10.1 Å². The summed E-state index contributed by atoms with van der Waals surface area (Å²) in [6.45, 7) is 1.46. The van der Waals surface area contributed by atoms with Crippen LogP contribution in [-0.4, -0.2) is 17.4 Å². The molecule has 0 aliphatic rings. The molecule has 3 rings (SSSR count). The van der Waals surface area contributed by atoms with E-state index in [0.29, 0.717) is 13.1 Å². The van der Waals surface area contributed by atoms with Crippen molar-refractivity contribution in [2.45, 2.75) is 13.1 Å². The van der Waals surface area contributed by atoms with E-state index in [1.54, 1.807) is 18.2 Å². The molecule has 26 heavy (non-hydrogen) atoms. The molecule has 132 valence electrons. The zero-order valence-corrected chi connectivity index (χ0v) is 14.4. The zero-order chi connectivity index (χ0) is 18.2. The predicted octanol–water partition coefficient (Wildman–Crippen LogP) is 4.47. The van der Waals surface area contributed by atoms with E-state index < -0.39 is 5.82 Å². The molecule has 0 aromatic heterocycles. The summed E-state index contributed by atoms with van der Waals surface area (Å²) in [5.41, 5.74) is 2.46. The van der Waals surface area contributed by atoms with Gasteiger partial charge in [-0.1, -0.05) is 72.8 Å². The maximum absolute atomic E-state index is 13.8. The first-order valence-electron chi connectivity index (χ1n) is 8.55. The van der Waals surface area contributed by atoms with Gasteiger partial charge in [-0.25, -0.2) is 4.39 Å². The van der Waals surface area contributed by atoms with Gasteiger partial charge in [-0.15, -0.1) is 0 Å². The van der Waals surface area contributed by atoms with Gasteiger partial charge < -0.3 is 5.32 Å². The Hall–Kier alpha value is -2.98. The van der Waals surface area contributed by atoms with Crippen molar-refractivity contribution >= 4 is 11.6 Å². The van der Waals surface area contributed by atoms with E-state index in [9.17, 15) is 9.18 Å². The quantitative estimate of drug-likeness (QED) is 0.683. The number of nitrogens with zero attached hydrogens (tertiary/aromatic N) is 1. The Morgan fingerprint density at radius 1 is 0.769 bits per heavy atom. The molecule has 0 saturated carbocycles. The average Bonchev–Trinajstić information content (AvgIpc) is 2.65. The highest BCUT2D eigenvalue weighted by Gasteiger charge is 2.13. The number of carbonyl (C=O) groups is 1. The second kappa shape index (κ2) is 8.92. The van der Waals surface area contributed by atoms with Crippen molar-refractivity contribution in [1.29, 1.82) is 0 Å². The molecule has 1 amide bonds. The summed E-state index contributed by atoms with van der Waals surface area (Å²) in [6, 6.07) is 26.2. The van der Waals surface area contributed by atoms with E-state index >= 15 is 0 Å². The van der Waals surface area contributed by atoms with E-state index in [1.165, 1.54) is 6.07 Å². The molecule has 0 radical (unpaired) electrons. The minimum absolute atomic E-state index is 0.179. The number of hydrogen-bond acceptors (Lipinski definition) is 2. The second-order valence-electron chi connectivity index (χ2n) is 6.14. The molecule has 0 aliphatic heterocycles. The van der Waals surface area contributed by atoms with Crippen molar-refractivity contribution in [1.82, 2.24) is 4.90 Å². The van der Waals surface area contributed by atoms with E-state index in [1.807, 2.05) is 65.6 Å². The number of rotatable bonds is 7. The summed E-state index contributed by atoms with van der Waals surface area (Å²) in [5, 5.41) is 2.66. The number of hydrogen-bond donors (Lipinski definition) is 1. The van der Waals surface area contributed by atoms with Gasteiger partial charge in [0.05, 0.1) is 12.2 Å². The van der Waals surface area contributed by atoms with Gasteiger partial charge in [-0.2, -0.15) is 0 Å². The summed E-state index contributed by atoms with van der Waals surface area (Å²) in [4.78, 5) is 14.5. The van der Waals surface area contributed by atoms with Crippen LogP contribution in [0.25, 0.3) is 0 Å². The fourth-order valence-corrected chi connectivity index (χ4v) is 2.81. The number of benzene rings is 3. The maximum atomic E-state index is 13.8. The minimum atomic E-state index is -0.432. The van der Waals surface area contributed by atoms with E-state index in [0.717, 1.165) is 11.1 Å². The SMILES string of the molecule is O=C(CN(Cc1ccccc1)Cc1ccccc1)Nc1ccccc1F. The number of nitrogens with one attached hydrogen (secondary N) is 1. The zero-order valence-electron chi connectivity index (χ0n) is 14.4. The molecular weight excluding hydrogens is 327 g/mol. The fourth-order valence-electron chi connectivity index (χ4n) is 2.81. The predicted molar refractivity (Wildman–Crippen MR) is 102 cm³/mol. The highest BCUT2D eigenvalue weighted by atomic mass is 19.1. The third kappa shape index (κ3) is 5.26. The van der Waals surface area contributed by atoms with Crippen molar-refractivity contribution in [3.05, 3.63) is 102 Å². The van der Waals surface area contributed by atoms with Crippen LogP contribution in [0, 0.1) is 5.82 Å². The molecule has 0 fully saturated rings. The van der Waals surface area contributed by atoms with Crippen molar-refractivity contribution in [2.24, 2.45) is 0 Å². The van der Waals surface area contributed by atoms with Gasteiger partial charge in [0.15, 0.2) is 0 Å². The minimum Gasteiger partial charge on any atom is -0.322 e. The first-order chi connectivity index (χ1) is 12.7. The van der Waals surface area contributed by atoms with Crippen LogP contribution in [-0.2, 0) is 17.9 Å². The molecule has 3 aromatic carbocycles. The van der Waals surface area contributed by atoms with Crippen LogP contribution in [0.2, 0.25) is 0 Å². The summed E-state index contributed by atoms with van der Waals surface area (Å²) in [5.74, 6) is -0.666. The molecule has 0 bridgehead atoms. The van der Waals surface area contributed by atoms with Gasteiger partial charge in [0.2, 0.25) is 5.91 Å². The average molecular weight is 348 g/mol. The molecule has 1 N–H and O–H groups in total. The maximum Gasteiger partial charge on any atom is 0.238 e. The lowest BCUT2D eigenvalue weighted by atomic mass is 10.1. The molecule has 3 nitrogen and oxygen atoms in total. The van der Waals surface area contributed by atoms with Crippen LogP contribution in [0.1, 0.15) is 11.1 Å². The highest BCUT2D eigenvalue weighted by molar-refractivity contribution is 5.92. The lowest BCUT2D eigenvalue weighted by Gasteiger charge is -2.22. The molecule has 0 heterocycles. The van der Waals surface area contributed by atoms with Gasteiger partial charge in [0.25, 0.3) is 0 Å². The molecule has 0 spiro atoms. The molecule has 0 unspecified atom stereocenters. The smallest absolute Gasteiger partial charge is 0.238 e. The summed E-state index contributed by atoms with van der Waals surface area (Å²) < 4.78 is 13.8. The van der Waals surface area contributed by atoms with E-state index in [2.05, 4.69) is 5.32 Å². The van der Waals surface area contributed by atoms with Crippen molar-refractivity contribution in [3.8, 4) is 0 Å². The lowest BCUT2D eigenvalue weighted by molar-refractivity contribution is -0.117. The normalized spacial score (nSPS) is 10.7. The third-order valence-corrected chi connectivity index (χ3v) is 4.01. The monoisotopic (exact) mass is 348 g/mol. The first-order valence-corrected chi connectivity index (χ1v) is 8.55. The number of carbonyl (C=O) groups excluding carboxylic acids is 1. The number of halogens is 1. The summed E-state index contributed by atoms with van der Waals surface area (Å²) >= 11 is 0. The number of anilines is 1. The van der Waals surface area contributed by atoms with Gasteiger partial charge >= 0.3 is 0 Å². The molecular formula is C22H21FN2O. The topological polar surface area (TPSA) is 32.3 Å². The van der Waals surface area contributed by atoms with Crippen LogP contribution in [0.15, 0.2) is 84.9 Å².